The monoisotopic (exact) mass is 333 g/mol. The molecule has 1 aromatic rings. The molecule has 1 aliphatic rings. The highest BCUT2D eigenvalue weighted by atomic mass is 35.5. The second-order valence-corrected chi connectivity index (χ2v) is 5.32. The molecular weight excluding hydrogens is 309 g/mol. The van der Waals surface area contributed by atoms with Crippen molar-refractivity contribution in [3.8, 4) is 0 Å². The van der Waals surface area contributed by atoms with Crippen molar-refractivity contribution in [3.63, 3.8) is 0 Å². The Balaban J connectivity index is 0.00000200. The van der Waals surface area contributed by atoms with E-state index in [0.717, 1.165) is 26.1 Å². The van der Waals surface area contributed by atoms with Gasteiger partial charge in [-0.15, -0.1) is 24.8 Å². The Labute approximate surface area is 139 Å². The molecule has 0 bridgehead atoms. The molecule has 0 spiro atoms. The Kier molecular flexibility index (Phi) is 9.42. The van der Waals surface area contributed by atoms with Crippen molar-refractivity contribution in [3.05, 3.63) is 30.3 Å². The van der Waals surface area contributed by atoms with Crippen LogP contribution in [0, 0.1) is 11.8 Å². The summed E-state index contributed by atoms with van der Waals surface area (Å²) in [5.41, 5.74) is 6.76. The van der Waals surface area contributed by atoms with Gasteiger partial charge in [-0.3, -0.25) is 4.79 Å². The summed E-state index contributed by atoms with van der Waals surface area (Å²) in [4.78, 5) is 14.1. The van der Waals surface area contributed by atoms with Gasteiger partial charge in [0.15, 0.2) is 0 Å². The van der Waals surface area contributed by atoms with Crippen LogP contribution >= 0.6 is 24.8 Å². The highest BCUT2D eigenvalue weighted by molar-refractivity contribution is 5.85. The number of hydrogen-bond acceptors (Lipinski definition) is 3. The molecule has 2 rings (SSSR count). The number of nitrogens with one attached hydrogen (secondary N) is 1. The molecule has 21 heavy (non-hydrogen) atoms. The van der Waals surface area contributed by atoms with Gasteiger partial charge in [-0.2, -0.15) is 0 Å². The first-order valence-electron chi connectivity index (χ1n) is 6.98. The summed E-state index contributed by atoms with van der Waals surface area (Å²) in [6.07, 6.45) is 1.13. The first kappa shape index (κ1) is 20.0. The van der Waals surface area contributed by atoms with E-state index in [2.05, 4.69) is 34.5 Å². The molecule has 1 heterocycles. The Morgan fingerprint density at radius 3 is 2.67 bits per heavy atom. The van der Waals surface area contributed by atoms with Gasteiger partial charge in [0.1, 0.15) is 0 Å². The Morgan fingerprint density at radius 2 is 2.05 bits per heavy atom. The molecule has 2 atom stereocenters. The summed E-state index contributed by atoms with van der Waals surface area (Å²) in [7, 11) is 0. The van der Waals surface area contributed by atoms with Crippen molar-refractivity contribution in [2.75, 3.05) is 31.1 Å². The number of rotatable bonds is 5. The summed E-state index contributed by atoms with van der Waals surface area (Å²) in [5.74, 6) is 0.515. The molecule has 1 saturated heterocycles. The molecule has 120 valence electrons. The number of nitrogens with two attached hydrogens (primary N) is 1. The molecular formula is C15H25Cl2N3O. The minimum Gasteiger partial charge on any atom is -0.371 e. The third kappa shape index (κ3) is 5.73. The van der Waals surface area contributed by atoms with Gasteiger partial charge in [-0.05, 0) is 24.5 Å². The van der Waals surface area contributed by atoms with Crippen LogP contribution in [0.4, 0.5) is 5.69 Å². The highest BCUT2D eigenvalue weighted by Gasteiger charge is 2.23. The second kappa shape index (κ2) is 9.87. The molecule has 1 fully saturated rings. The van der Waals surface area contributed by atoms with Gasteiger partial charge in [-0.1, -0.05) is 25.1 Å². The molecule has 0 aromatic heterocycles. The number of anilines is 1. The van der Waals surface area contributed by atoms with E-state index < -0.39 is 0 Å². The average molecular weight is 334 g/mol. The number of nitrogens with zero attached hydrogens (tertiary/aromatic N) is 1. The molecule has 1 aliphatic heterocycles. The molecule has 0 aliphatic carbocycles. The van der Waals surface area contributed by atoms with Crippen LogP contribution in [0.3, 0.4) is 0 Å². The molecule has 0 saturated carbocycles. The van der Waals surface area contributed by atoms with E-state index in [9.17, 15) is 4.79 Å². The largest absolute Gasteiger partial charge is 0.371 e. The lowest BCUT2D eigenvalue weighted by Crippen LogP contribution is -2.36. The minimum atomic E-state index is -0.0911. The fourth-order valence-corrected chi connectivity index (χ4v) is 2.40. The maximum Gasteiger partial charge on any atom is 0.224 e. The van der Waals surface area contributed by atoms with Crippen LogP contribution in [0.15, 0.2) is 30.3 Å². The van der Waals surface area contributed by atoms with E-state index in [0.29, 0.717) is 12.5 Å². The van der Waals surface area contributed by atoms with E-state index in [4.69, 9.17) is 5.73 Å². The zero-order valence-electron chi connectivity index (χ0n) is 12.3. The normalized spacial score (nSPS) is 18.4. The van der Waals surface area contributed by atoms with Crippen molar-refractivity contribution in [1.82, 2.24) is 5.32 Å². The number of carbonyl (C=O) groups excluding carboxylic acids is 1. The summed E-state index contributed by atoms with van der Waals surface area (Å²) >= 11 is 0. The standard InChI is InChI=1S/C15H23N3O.2ClH/c1-12(9-16)15(19)17-10-13-7-8-18(11-13)14-5-3-2-4-6-14;;/h2-6,12-13H,7-11,16H2,1H3,(H,17,19);2*1H. The van der Waals surface area contributed by atoms with Crippen molar-refractivity contribution < 1.29 is 4.79 Å². The number of amides is 1. The SMILES string of the molecule is CC(CN)C(=O)NCC1CCN(c2ccccc2)C1.Cl.Cl. The Morgan fingerprint density at radius 1 is 1.38 bits per heavy atom. The first-order valence-corrected chi connectivity index (χ1v) is 6.98. The summed E-state index contributed by atoms with van der Waals surface area (Å²) in [6, 6.07) is 10.4. The van der Waals surface area contributed by atoms with Gasteiger partial charge in [-0.25, -0.2) is 0 Å². The van der Waals surface area contributed by atoms with Crippen LogP contribution in [0.1, 0.15) is 13.3 Å². The van der Waals surface area contributed by atoms with Gasteiger partial charge in [0.2, 0.25) is 5.91 Å². The van der Waals surface area contributed by atoms with Gasteiger partial charge in [0.05, 0.1) is 0 Å². The zero-order valence-corrected chi connectivity index (χ0v) is 14.0. The van der Waals surface area contributed by atoms with Crippen LogP contribution in [-0.2, 0) is 4.79 Å². The average Bonchev–Trinajstić information content (AvgIpc) is 2.93. The van der Waals surface area contributed by atoms with Gasteiger partial charge >= 0.3 is 0 Å². The number of carbonyl (C=O) groups is 1. The quantitative estimate of drug-likeness (QED) is 0.867. The van der Waals surface area contributed by atoms with Gasteiger partial charge < -0.3 is 16.0 Å². The molecule has 3 N–H and O–H groups in total. The molecule has 2 unspecified atom stereocenters. The predicted molar refractivity (Wildman–Crippen MR) is 92.5 cm³/mol. The maximum absolute atomic E-state index is 11.7. The molecule has 0 radical (unpaired) electrons. The summed E-state index contributed by atoms with van der Waals surface area (Å²) < 4.78 is 0. The van der Waals surface area contributed by atoms with E-state index in [1.807, 2.05) is 13.0 Å². The summed E-state index contributed by atoms with van der Waals surface area (Å²) in [6.45, 7) is 5.11. The van der Waals surface area contributed by atoms with Crippen molar-refractivity contribution in [2.24, 2.45) is 17.6 Å². The van der Waals surface area contributed by atoms with Crippen molar-refractivity contribution in [2.45, 2.75) is 13.3 Å². The number of benzene rings is 1. The summed E-state index contributed by atoms with van der Waals surface area (Å²) in [5, 5.41) is 3.00. The molecule has 4 nitrogen and oxygen atoms in total. The van der Waals surface area contributed by atoms with Crippen molar-refractivity contribution in [1.29, 1.82) is 0 Å². The molecule has 1 aromatic carbocycles. The first-order chi connectivity index (χ1) is 9.20. The zero-order chi connectivity index (χ0) is 13.7. The fourth-order valence-electron chi connectivity index (χ4n) is 2.40. The third-order valence-electron chi connectivity index (χ3n) is 3.77. The van der Waals surface area contributed by atoms with Gasteiger partial charge in [0.25, 0.3) is 0 Å². The smallest absolute Gasteiger partial charge is 0.224 e. The Bertz CT molecular complexity index is 417. The third-order valence-corrected chi connectivity index (χ3v) is 3.77. The van der Waals surface area contributed by atoms with E-state index in [1.165, 1.54) is 5.69 Å². The van der Waals surface area contributed by atoms with E-state index in [1.54, 1.807) is 0 Å². The lowest BCUT2D eigenvalue weighted by molar-refractivity contribution is -0.124. The van der Waals surface area contributed by atoms with E-state index >= 15 is 0 Å². The van der Waals surface area contributed by atoms with Gasteiger partial charge in [0, 0.05) is 37.8 Å². The molecule has 1 amide bonds. The van der Waals surface area contributed by atoms with E-state index in [-0.39, 0.29) is 36.6 Å². The Hall–Kier alpha value is -0.970. The van der Waals surface area contributed by atoms with Crippen molar-refractivity contribution >= 4 is 36.4 Å². The fraction of sp³-hybridized carbons (Fsp3) is 0.533. The highest BCUT2D eigenvalue weighted by Crippen LogP contribution is 2.22. The minimum absolute atomic E-state index is 0. The van der Waals surface area contributed by atoms with Crippen LogP contribution < -0.4 is 16.0 Å². The number of hydrogen-bond donors (Lipinski definition) is 2. The predicted octanol–water partition coefficient (Wildman–Crippen LogP) is 2.07. The number of para-hydroxylation sites is 1. The lowest BCUT2D eigenvalue weighted by atomic mass is 10.1. The van der Waals surface area contributed by atoms with Crippen LogP contribution in [0.2, 0.25) is 0 Å². The maximum atomic E-state index is 11.7. The molecule has 6 heteroatoms. The van der Waals surface area contributed by atoms with Crippen LogP contribution in [0.25, 0.3) is 0 Å². The number of halogens is 2. The van der Waals surface area contributed by atoms with Crippen LogP contribution in [0.5, 0.6) is 0 Å². The van der Waals surface area contributed by atoms with Crippen LogP contribution in [-0.4, -0.2) is 32.1 Å². The second-order valence-electron chi connectivity index (χ2n) is 5.32. The lowest BCUT2D eigenvalue weighted by Gasteiger charge is -2.19. The topological polar surface area (TPSA) is 58.4 Å².